The Morgan fingerprint density at radius 2 is 2.05 bits per heavy atom. The van der Waals surface area contributed by atoms with Gasteiger partial charge < -0.3 is 5.32 Å². The fourth-order valence-electron chi connectivity index (χ4n) is 3.08. The van der Waals surface area contributed by atoms with Crippen LogP contribution in [0, 0.1) is 0 Å². The number of benzene rings is 1. The minimum absolute atomic E-state index is 0.0129. The number of carbonyl (C=O) groups is 2. The SMILES string of the molecule is CCN(CC(=O)N1c2ccccc2NC(=O)C1(C)C)C1CC1. The summed E-state index contributed by atoms with van der Waals surface area (Å²) in [5, 5.41) is 2.89. The van der Waals surface area contributed by atoms with Crippen molar-refractivity contribution >= 4 is 23.2 Å². The zero-order valence-corrected chi connectivity index (χ0v) is 13.4. The highest BCUT2D eigenvalue weighted by molar-refractivity contribution is 6.14. The molecule has 5 heteroatoms. The van der Waals surface area contributed by atoms with Gasteiger partial charge in [0, 0.05) is 6.04 Å². The first kappa shape index (κ1) is 15.0. The lowest BCUT2D eigenvalue weighted by atomic mass is 9.96. The Balaban J connectivity index is 1.92. The zero-order chi connectivity index (χ0) is 15.9. The van der Waals surface area contributed by atoms with Crippen molar-refractivity contribution in [1.82, 2.24) is 4.90 Å². The van der Waals surface area contributed by atoms with Crippen molar-refractivity contribution < 1.29 is 9.59 Å². The Labute approximate surface area is 131 Å². The Morgan fingerprint density at radius 3 is 2.68 bits per heavy atom. The highest BCUT2D eigenvalue weighted by Crippen LogP contribution is 2.37. The lowest BCUT2D eigenvalue weighted by molar-refractivity contribution is -0.127. The molecule has 1 aromatic carbocycles. The van der Waals surface area contributed by atoms with Crippen LogP contribution in [0.1, 0.15) is 33.6 Å². The summed E-state index contributed by atoms with van der Waals surface area (Å²) >= 11 is 0. The number of likely N-dealkylation sites (N-methyl/N-ethyl adjacent to an activating group) is 1. The molecule has 1 saturated carbocycles. The monoisotopic (exact) mass is 301 g/mol. The lowest BCUT2D eigenvalue weighted by Gasteiger charge is -2.42. The number of nitrogens with one attached hydrogen (secondary N) is 1. The molecular weight excluding hydrogens is 278 g/mol. The largest absolute Gasteiger partial charge is 0.322 e. The molecule has 22 heavy (non-hydrogen) atoms. The summed E-state index contributed by atoms with van der Waals surface area (Å²) < 4.78 is 0. The van der Waals surface area contributed by atoms with Gasteiger partial charge in [0.1, 0.15) is 5.54 Å². The van der Waals surface area contributed by atoms with Crippen molar-refractivity contribution in [2.24, 2.45) is 0 Å². The molecule has 1 fully saturated rings. The summed E-state index contributed by atoms with van der Waals surface area (Å²) in [7, 11) is 0. The van der Waals surface area contributed by atoms with Gasteiger partial charge in [-0.15, -0.1) is 0 Å². The Bertz CT molecular complexity index is 608. The van der Waals surface area contributed by atoms with Crippen molar-refractivity contribution in [2.75, 3.05) is 23.3 Å². The third-order valence-electron chi connectivity index (χ3n) is 4.57. The second-order valence-electron chi connectivity index (χ2n) is 6.55. The van der Waals surface area contributed by atoms with Crippen LogP contribution in [0.2, 0.25) is 0 Å². The topological polar surface area (TPSA) is 52.7 Å². The summed E-state index contributed by atoms with van der Waals surface area (Å²) in [5.41, 5.74) is 0.604. The number of rotatable bonds is 4. The maximum absolute atomic E-state index is 12.9. The predicted octanol–water partition coefficient (Wildman–Crippen LogP) is 2.23. The van der Waals surface area contributed by atoms with Gasteiger partial charge in [0.2, 0.25) is 11.8 Å². The summed E-state index contributed by atoms with van der Waals surface area (Å²) in [5.74, 6) is -0.157. The Morgan fingerprint density at radius 1 is 1.36 bits per heavy atom. The van der Waals surface area contributed by atoms with Crippen LogP contribution in [0.15, 0.2) is 24.3 Å². The molecule has 1 N–H and O–H groups in total. The number of amides is 2. The Kier molecular flexibility index (Phi) is 3.68. The van der Waals surface area contributed by atoms with Crippen LogP contribution in [0.5, 0.6) is 0 Å². The van der Waals surface area contributed by atoms with Gasteiger partial charge in [-0.2, -0.15) is 0 Å². The number of hydrogen-bond donors (Lipinski definition) is 1. The average molecular weight is 301 g/mol. The standard InChI is InChI=1S/C17H23N3O2/c1-4-19(12-9-10-12)11-15(21)20-14-8-6-5-7-13(14)18-16(22)17(20,2)3/h5-8,12H,4,9-11H2,1-3H3,(H,18,22). The first-order valence-electron chi connectivity index (χ1n) is 7.92. The van der Waals surface area contributed by atoms with Crippen LogP contribution in [-0.2, 0) is 9.59 Å². The van der Waals surface area contributed by atoms with Gasteiger partial charge >= 0.3 is 0 Å². The van der Waals surface area contributed by atoms with Crippen molar-refractivity contribution in [2.45, 2.75) is 45.2 Å². The molecule has 1 heterocycles. The summed E-state index contributed by atoms with van der Waals surface area (Å²) in [6.45, 7) is 6.89. The predicted molar refractivity (Wildman–Crippen MR) is 86.9 cm³/mol. The van der Waals surface area contributed by atoms with Crippen LogP contribution >= 0.6 is 0 Å². The molecule has 3 rings (SSSR count). The third kappa shape index (κ3) is 2.50. The number of fused-ring (bicyclic) bond motifs is 1. The van der Waals surface area contributed by atoms with Crippen LogP contribution in [0.3, 0.4) is 0 Å². The average Bonchev–Trinajstić information content (AvgIpc) is 3.30. The maximum Gasteiger partial charge on any atom is 0.250 e. The molecule has 0 saturated heterocycles. The van der Waals surface area contributed by atoms with E-state index in [4.69, 9.17) is 0 Å². The van der Waals surface area contributed by atoms with Crippen molar-refractivity contribution in [3.63, 3.8) is 0 Å². The number of hydrogen-bond acceptors (Lipinski definition) is 3. The molecule has 2 amide bonds. The van der Waals surface area contributed by atoms with Crippen LogP contribution < -0.4 is 10.2 Å². The molecule has 1 aliphatic carbocycles. The van der Waals surface area contributed by atoms with E-state index in [2.05, 4.69) is 17.1 Å². The first-order chi connectivity index (χ1) is 10.4. The number of nitrogens with zero attached hydrogens (tertiary/aromatic N) is 2. The van der Waals surface area contributed by atoms with E-state index in [1.54, 1.807) is 18.7 Å². The quantitative estimate of drug-likeness (QED) is 0.928. The molecule has 1 aliphatic heterocycles. The first-order valence-corrected chi connectivity index (χ1v) is 7.92. The number of carbonyl (C=O) groups excluding carboxylic acids is 2. The summed E-state index contributed by atoms with van der Waals surface area (Å²) in [4.78, 5) is 29.2. The number of anilines is 2. The lowest BCUT2D eigenvalue weighted by Crippen LogP contribution is -2.60. The minimum Gasteiger partial charge on any atom is -0.322 e. The van der Waals surface area contributed by atoms with Crippen LogP contribution in [-0.4, -0.2) is 41.4 Å². The Hall–Kier alpha value is -1.88. The highest BCUT2D eigenvalue weighted by Gasteiger charge is 2.44. The van der Waals surface area contributed by atoms with E-state index in [0.29, 0.717) is 18.3 Å². The molecular formula is C17H23N3O2. The van der Waals surface area contributed by atoms with E-state index >= 15 is 0 Å². The van der Waals surface area contributed by atoms with E-state index in [1.165, 1.54) is 12.8 Å². The van der Waals surface area contributed by atoms with Crippen molar-refractivity contribution in [1.29, 1.82) is 0 Å². The van der Waals surface area contributed by atoms with Crippen LogP contribution in [0.25, 0.3) is 0 Å². The smallest absolute Gasteiger partial charge is 0.250 e. The molecule has 5 nitrogen and oxygen atoms in total. The van der Waals surface area contributed by atoms with E-state index in [-0.39, 0.29) is 11.8 Å². The molecule has 1 aromatic rings. The molecule has 118 valence electrons. The fourth-order valence-corrected chi connectivity index (χ4v) is 3.08. The van der Waals surface area contributed by atoms with Crippen molar-refractivity contribution in [3.8, 4) is 0 Å². The van der Waals surface area contributed by atoms with Gasteiger partial charge in [0.05, 0.1) is 17.9 Å². The van der Waals surface area contributed by atoms with Gasteiger partial charge in [0.25, 0.3) is 0 Å². The van der Waals surface area contributed by atoms with E-state index < -0.39 is 5.54 Å². The summed E-state index contributed by atoms with van der Waals surface area (Å²) in [6.07, 6.45) is 2.34. The second kappa shape index (κ2) is 5.39. The zero-order valence-electron chi connectivity index (χ0n) is 13.4. The molecule has 2 aliphatic rings. The van der Waals surface area contributed by atoms with Gasteiger partial charge in [-0.25, -0.2) is 0 Å². The van der Waals surface area contributed by atoms with Gasteiger partial charge in [-0.1, -0.05) is 19.1 Å². The number of para-hydroxylation sites is 2. The van der Waals surface area contributed by atoms with Gasteiger partial charge in [-0.3, -0.25) is 19.4 Å². The van der Waals surface area contributed by atoms with E-state index in [1.807, 2.05) is 24.3 Å². The normalized spacial score (nSPS) is 19.8. The van der Waals surface area contributed by atoms with E-state index in [9.17, 15) is 9.59 Å². The van der Waals surface area contributed by atoms with Gasteiger partial charge in [-0.05, 0) is 45.4 Å². The minimum atomic E-state index is -0.881. The molecule has 0 spiro atoms. The molecule has 0 unspecified atom stereocenters. The third-order valence-corrected chi connectivity index (χ3v) is 4.57. The molecule has 0 radical (unpaired) electrons. The van der Waals surface area contributed by atoms with E-state index in [0.717, 1.165) is 12.2 Å². The molecule has 0 bridgehead atoms. The van der Waals surface area contributed by atoms with Crippen molar-refractivity contribution in [3.05, 3.63) is 24.3 Å². The maximum atomic E-state index is 12.9. The highest BCUT2D eigenvalue weighted by atomic mass is 16.2. The van der Waals surface area contributed by atoms with Crippen LogP contribution in [0.4, 0.5) is 11.4 Å². The van der Waals surface area contributed by atoms with Gasteiger partial charge in [0.15, 0.2) is 0 Å². The molecule has 0 atom stereocenters. The summed E-state index contributed by atoms with van der Waals surface area (Å²) in [6, 6.07) is 8.02. The molecule has 0 aromatic heterocycles. The fraction of sp³-hybridized carbons (Fsp3) is 0.529. The second-order valence-corrected chi connectivity index (χ2v) is 6.55.